The molecule has 1 aliphatic heterocycles. The van der Waals surface area contributed by atoms with Gasteiger partial charge in [0.25, 0.3) is 15.7 Å². The first-order chi connectivity index (χ1) is 16.4. The summed E-state index contributed by atoms with van der Waals surface area (Å²) in [5.74, 6) is -0.362. The van der Waals surface area contributed by atoms with Crippen molar-refractivity contribution in [2.24, 2.45) is 0 Å². The molecule has 176 valence electrons. The Morgan fingerprint density at radius 2 is 1.50 bits per heavy atom. The second kappa shape index (κ2) is 9.92. The highest BCUT2D eigenvalue weighted by Crippen LogP contribution is 2.27. The third-order valence-electron chi connectivity index (χ3n) is 5.69. The van der Waals surface area contributed by atoms with E-state index < -0.39 is 21.5 Å². The molecule has 0 radical (unpaired) electrons. The average molecular weight is 481 g/mol. The maximum atomic E-state index is 13.4. The van der Waals surface area contributed by atoms with E-state index in [-0.39, 0.29) is 22.2 Å². The first kappa shape index (κ1) is 23.2. The summed E-state index contributed by atoms with van der Waals surface area (Å²) < 4.78 is 27.8. The Morgan fingerprint density at radius 1 is 0.882 bits per heavy atom. The van der Waals surface area contributed by atoms with Gasteiger partial charge in [0.05, 0.1) is 15.5 Å². The maximum absolute atomic E-state index is 13.4. The summed E-state index contributed by atoms with van der Waals surface area (Å²) in [6, 6.07) is 22.9. The zero-order chi connectivity index (χ0) is 24.1. The largest absolute Gasteiger partial charge is 0.368 e. The van der Waals surface area contributed by atoms with E-state index in [0.717, 1.165) is 9.99 Å². The number of nitro benzene ring substituents is 1. The number of para-hydroxylation sites is 1. The van der Waals surface area contributed by atoms with Crippen LogP contribution in [0.3, 0.4) is 0 Å². The van der Waals surface area contributed by atoms with Gasteiger partial charge in [0.15, 0.2) is 0 Å². The van der Waals surface area contributed by atoms with E-state index in [1.54, 1.807) is 23.1 Å². The summed E-state index contributed by atoms with van der Waals surface area (Å²) in [5, 5.41) is 11.3. The number of carbonyl (C=O) groups is 1. The molecule has 1 saturated heterocycles. The normalized spacial score (nSPS) is 14.0. The van der Waals surface area contributed by atoms with Gasteiger partial charge in [-0.15, -0.1) is 0 Å². The molecule has 10 heteroatoms. The molecule has 0 unspecified atom stereocenters. The van der Waals surface area contributed by atoms with Crippen LogP contribution in [0.1, 0.15) is 0 Å². The van der Waals surface area contributed by atoms with Crippen LogP contribution in [-0.2, 0) is 14.8 Å². The van der Waals surface area contributed by atoms with Gasteiger partial charge in [-0.05, 0) is 30.3 Å². The van der Waals surface area contributed by atoms with Crippen LogP contribution in [0.15, 0.2) is 89.8 Å². The monoisotopic (exact) mass is 480 g/mol. The lowest BCUT2D eigenvalue weighted by atomic mass is 10.2. The summed E-state index contributed by atoms with van der Waals surface area (Å²) in [6.07, 6.45) is 0. The van der Waals surface area contributed by atoms with Crippen molar-refractivity contribution < 1.29 is 18.1 Å². The third kappa shape index (κ3) is 5.01. The number of nitro groups is 1. The Hall–Kier alpha value is -3.92. The average Bonchev–Trinajstić information content (AvgIpc) is 2.88. The standard InChI is InChI=1S/C24H24N4O5S/c29-24(26-16-14-25(15-17-26)20-8-3-1-4-9-20)19-27(21-10-7-11-22(18-21)28(30)31)34(32,33)23-12-5-2-6-13-23/h1-13,18H,14-17,19H2. The second-order valence-corrected chi connectivity index (χ2v) is 9.67. The first-order valence-corrected chi connectivity index (χ1v) is 12.2. The van der Waals surface area contributed by atoms with Gasteiger partial charge in [0, 0.05) is 44.0 Å². The van der Waals surface area contributed by atoms with Crippen LogP contribution in [0.5, 0.6) is 0 Å². The predicted molar refractivity (Wildman–Crippen MR) is 129 cm³/mol. The second-order valence-electron chi connectivity index (χ2n) is 7.81. The molecule has 0 bridgehead atoms. The molecule has 3 aromatic rings. The van der Waals surface area contributed by atoms with E-state index in [1.807, 2.05) is 30.3 Å². The van der Waals surface area contributed by atoms with Gasteiger partial charge in [0.2, 0.25) is 5.91 Å². The fraction of sp³-hybridized carbons (Fsp3) is 0.208. The Bertz CT molecular complexity index is 1260. The van der Waals surface area contributed by atoms with E-state index in [2.05, 4.69) is 4.90 Å². The van der Waals surface area contributed by atoms with E-state index in [1.165, 1.54) is 36.4 Å². The molecule has 0 aromatic heterocycles. The molecule has 0 aliphatic carbocycles. The molecule has 0 N–H and O–H groups in total. The molecule has 34 heavy (non-hydrogen) atoms. The van der Waals surface area contributed by atoms with Crippen LogP contribution in [0.25, 0.3) is 0 Å². The summed E-state index contributed by atoms with van der Waals surface area (Å²) in [7, 11) is -4.13. The van der Waals surface area contributed by atoms with Gasteiger partial charge < -0.3 is 9.80 Å². The van der Waals surface area contributed by atoms with Crippen molar-refractivity contribution in [3.63, 3.8) is 0 Å². The van der Waals surface area contributed by atoms with Crippen LogP contribution in [0.2, 0.25) is 0 Å². The molecule has 1 amide bonds. The zero-order valence-corrected chi connectivity index (χ0v) is 19.2. The number of carbonyl (C=O) groups excluding carboxylic acids is 1. The third-order valence-corrected chi connectivity index (χ3v) is 7.48. The van der Waals surface area contributed by atoms with E-state index >= 15 is 0 Å². The van der Waals surface area contributed by atoms with Gasteiger partial charge in [-0.1, -0.05) is 42.5 Å². The molecular formula is C24H24N4O5S. The van der Waals surface area contributed by atoms with Crippen molar-refractivity contribution in [2.75, 3.05) is 41.9 Å². The quantitative estimate of drug-likeness (QED) is 0.380. The predicted octanol–water partition coefficient (Wildman–Crippen LogP) is 3.14. The number of benzene rings is 3. The number of nitrogens with zero attached hydrogens (tertiary/aromatic N) is 4. The number of amides is 1. The fourth-order valence-electron chi connectivity index (χ4n) is 3.87. The summed E-state index contributed by atoms with van der Waals surface area (Å²) in [6.45, 7) is 1.68. The van der Waals surface area contributed by atoms with Crippen LogP contribution in [0.4, 0.5) is 17.1 Å². The molecule has 9 nitrogen and oxygen atoms in total. The topological polar surface area (TPSA) is 104 Å². The highest BCUT2D eigenvalue weighted by molar-refractivity contribution is 7.92. The zero-order valence-electron chi connectivity index (χ0n) is 18.4. The van der Waals surface area contributed by atoms with E-state index in [4.69, 9.17) is 0 Å². The molecule has 0 saturated carbocycles. The fourth-order valence-corrected chi connectivity index (χ4v) is 5.30. The first-order valence-electron chi connectivity index (χ1n) is 10.8. The van der Waals surface area contributed by atoms with Crippen LogP contribution >= 0.6 is 0 Å². The van der Waals surface area contributed by atoms with Gasteiger partial charge in [0.1, 0.15) is 6.54 Å². The Balaban J connectivity index is 1.57. The molecular weight excluding hydrogens is 456 g/mol. The van der Waals surface area contributed by atoms with Crippen molar-refractivity contribution in [3.8, 4) is 0 Å². The van der Waals surface area contributed by atoms with Gasteiger partial charge in [-0.3, -0.25) is 19.2 Å². The molecule has 0 atom stereocenters. The number of anilines is 2. The minimum absolute atomic E-state index is 0.00297. The van der Waals surface area contributed by atoms with E-state index in [0.29, 0.717) is 26.2 Å². The Morgan fingerprint density at radius 3 is 2.12 bits per heavy atom. The van der Waals surface area contributed by atoms with Crippen molar-refractivity contribution >= 4 is 33.0 Å². The summed E-state index contributed by atoms with van der Waals surface area (Å²) >= 11 is 0. The van der Waals surface area contributed by atoms with Crippen molar-refractivity contribution in [2.45, 2.75) is 4.90 Å². The molecule has 1 aliphatic rings. The number of hydrogen-bond acceptors (Lipinski definition) is 6. The van der Waals surface area contributed by atoms with Crippen molar-refractivity contribution in [3.05, 3.63) is 95.0 Å². The van der Waals surface area contributed by atoms with Gasteiger partial charge >= 0.3 is 0 Å². The lowest BCUT2D eigenvalue weighted by Gasteiger charge is -2.37. The SMILES string of the molecule is O=C(CN(c1cccc([N+](=O)[O-])c1)S(=O)(=O)c1ccccc1)N1CCN(c2ccccc2)CC1. The Kier molecular flexibility index (Phi) is 6.78. The number of sulfonamides is 1. The smallest absolute Gasteiger partial charge is 0.271 e. The van der Waals surface area contributed by atoms with Crippen LogP contribution < -0.4 is 9.21 Å². The van der Waals surface area contributed by atoms with Crippen LogP contribution in [-0.4, -0.2) is 56.9 Å². The maximum Gasteiger partial charge on any atom is 0.271 e. The molecule has 3 aromatic carbocycles. The minimum atomic E-state index is -4.13. The number of rotatable bonds is 7. The van der Waals surface area contributed by atoms with E-state index in [9.17, 15) is 23.3 Å². The summed E-state index contributed by atoms with van der Waals surface area (Å²) in [4.78, 5) is 27.7. The van der Waals surface area contributed by atoms with Crippen molar-refractivity contribution in [1.82, 2.24) is 4.90 Å². The lowest BCUT2D eigenvalue weighted by Crippen LogP contribution is -2.52. The number of piperazine rings is 1. The molecule has 1 fully saturated rings. The number of hydrogen-bond donors (Lipinski definition) is 0. The highest BCUT2D eigenvalue weighted by atomic mass is 32.2. The lowest BCUT2D eigenvalue weighted by molar-refractivity contribution is -0.384. The van der Waals surface area contributed by atoms with Crippen molar-refractivity contribution in [1.29, 1.82) is 0 Å². The molecule has 1 heterocycles. The van der Waals surface area contributed by atoms with Crippen LogP contribution in [0, 0.1) is 10.1 Å². The minimum Gasteiger partial charge on any atom is -0.368 e. The Labute approximate surface area is 198 Å². The number of non-ortho nitro benzene ring substituents is 1. The highest BCUT2D eigenvalue weighted by Gasteiger charge is 2.31. The summed E-state index contributed by atoms with van der Waals surface area (Å²) in [5.41, 5.74) is 0.878. The van der Waals surface area contributed by atoms with Gasteiger partial charge in [-0.2, -0.15) is 0 Å². The van der Waals surface area contributed by atoms with Gasteiger partial charge in [-0.25, -0.2) is 8.42 Å². The molecule has 4 rings (SSSR count). The molecule has 0 spiro atoms.